The third-order valence-corrected chi connectivity index (χ3v) is 6.16. The second-order valence-corrected chi connectivity index (χ2v) is 8.77. The van der Waals surface area contributed by atoms with Gasteiger partial charge in [0.25, 0.3) is 5.91 Å². The molecule has 1 aliphatic carbocycles. The molecule has 1 N–H and O–H groups in total. The van der Waals surface area contributed by atoms with E-state index in [-0.39, 0.29) is 6.61 Å². The van der Waals surface area contributed by atoms with Gasteiger partial charge >= 0.3 is 6.18 Å². The Morgan fingerprint density at radius 2 is 1.87 bits per heavy atom. The highest BCUT2D eigenvalue weighted by Gasteiger charge is 2.54. The largest absolute Gasteiger partial charge is 0.417 e. The minimum atomic E-state index is -4.68. The van der Waals surface area contributed by atoms with Crippen molar-refractivity contribution in [2.75, 3.05) is 33.8 Å². The summed E-state index contributed by atoms with van der Waals surface area (Å²) < 4.78 is 46.8. The van der Waals surface area contributed by atoms with E-state index >= 15 is 0 Å². The molecule has 0 aromatic heterocycles. The third-order valence-electron chi connectivity index (χ3n) is 6.16. The van der Waals surface area contributed by atoms with Crippen molar-refractivity contribution < 1.29 is 27.5 Å². The van der Waals surface area contributed by atoms with Crippen LogP contribution in [0.1, 0.15) is 48.5 Å². The fraction of sp³-hybridized carbons (Fsp3) is 0.636. The first-order valence-corrected chi connectivity index (χ1v) is 10.6. The number of hydrogen-bond acceptors (Lipinski definition) is 4. The molecule has 2 fully saturated rings. The van der Waals surface area contributed by atoms with E-state index in [1.807, 2.05) is 19.0 Å². The predicted octanol–water partition coefficient (Wildman–Crippen LogP) is 3.13. The number of rotatable bonds is 5. The van der Waals surface area contributed by atoms with Crippen LogP contribution in [0.3, 0.4) is 0 Å². The van der Waals surface area contributed by atoms with Crippen LogP contribution in [0.25, 0.3) is 0 Å². The molecule has 31 heavy (non-hydrogen) atoms. The second-order valence-electron chi connectivity index (χ2n) is 8.77. The average Bonchev–Trinajstić information content (AvgIpc) is 3.08. The van der Waals surface area contributed by atoms with E-state index in [9.17, 15) is 22.8 Å². The molecule has 1 aromatic carbocycles. The topological polar surface area (TPSA) is 61.9 Å². The van der Waals surface area contributed by atoms with E-state index in [2.05, 4.69) is 12.2 Å². The summed E-state index contributed by atoms with van der Waals surface area (Å²) in [5.41, 5.74) is -2.51. The molecule has 1 aliphatic heterocycles. The predicted molar refractivity (Wildman–Crippen MR) is 109 cm³/mol. The van der Waals surface area contributed by atoms with E-state index in [1.165, 1.54) is 23.1 Å². The molecular weight excluding hydrogens is 411 g/mol. The van der Waals surface area contributed by atoms with E-state index in [0.717, 1.165) is 18.9 Å². The van der Waals surface area contributed by atoms with Gasteiger partial charge in [-0.1, -0.05) is 19.1 Å². The zero-order valence-electron chi connectivity index (χ0n) is 18.2. The first-order chi connectivity index (χ1) is 14.5. The van der Waals surface area contributed by atoms with Crippen molar-refractivity contribution in [2.45, 2.75) is 50.6 Å². The van der Waals surface area contributed by atoms with Crippen molar-refractivity contribution >= 4 is 11.8 Å². The van der Waals surface area contributed by atoms with Crippen LogP contribution < -0.4 is 5.32 Å². The molecule has 1 saturated carbocycles. The number of ether oxygens (including phenoxy) is 1. The highest BCUT2D eigenvalue weighted by atomic mass is 19.4. The first-order valence-electron chi connectivity index (χ1n) is 10.6. The number of alkyl halides is 3. The molecule has 0 radical (unpaired) electrons. The molecule has 1 unspecified atom stereocenters. The Bertz CT molecular complexity index is 805. The molecule has 2 aliphatic rings. The molecule has 1 heterocycles. The number of halogens is 3. The molecule has 3 rings (SSSR count). The summed E-state index contributed by atoms with van der Waals surface area (Å²) >= 11 is 0. The Morgan fingerprint density at radius 3 is 2.48 bits per heavy atom. The van der Waals surface area contributed by atoms with Crippen LogP contribution in [-0.4, -0.2) is 67.2 Å². The monoisotopic (exact) mass is 441 g/mol. The second kappa shape index (κ2) is 9.16. The molecule has 6 nitrogen and oxygen atoms in total. The molecule has 172 valence electrons. The zero-order valence-corrected chi connectivity index (χ0v) is 18.2. The fourth-order valence-electron chi connectivity index (χ4n) is 4.35. The summed E-state index contributed by atoms with van der Waals surface area (Å²) in [7, 11) is 3.74. The Balaban J connectivity index is 1.94. The number of nitrogens with zero attached hydrogens (tertiary/aromatic N) is 2. The van der Waals surface area contributed by atoms with Crippen molar-refractivity contribution in [2.24, 2.45) is 5.92 Å². The van der Waals surface area contributed by atoms with Crippen molar-refractivity contribution in [3.8, 4) is 0 Å². The number of nitrogens with one attached hydrogen (secondary N) is 1. The maximum absolute atomic E-state index is 13.6. The molecule has 1 spiro atoms. The van der Waals surface area contributed by atoms with Gasteiger partial charge in [0, 0.05) is 13.1 Å². The zero-order chi connectivity index (χ0) is 22.8. The third kappa shape index (κ3) is 5.03. The minimum absolute atomic E-state index is 0.0257. The Morgan fingerprint density at radius 1 is 1.23 bits per heavy atom. The van der Waals surface area contributed by atoms with Crippen LogP contribution >= 0.6 is 0 Å². The molecule has 1 saturated heterocycles. The summed E-state index contributed by atoms with van der Waals surface area (Å²) in [5, 5.41) is 2.79. The van der Waals surface area contributed by atoms with E-state index in [4.69, 9.17) is 4.74 Å². The number of carbonyl (C=O) groups excluding carboxylic acids is 2. The molecule has 1 aromatic rings. The van der Waals surface area contributed by atoms with Gasteiger partial charge in [0.2, 0.25) is 5.91 Å². The minimum Gasteiger partial charge on any atom is -0.353 e. The van der Waals surface area contributed by atoms with Crippen molar-refractivity contribution in [1.29, 1.82) is 0 Å². The number of carbonyl (C=O) groups is 2. The number of hydrogen-bond donors (Lipinski definition) is 1. The first kappa shape index (κ1) is 23.5. The number of likely N-dealkylation sites (N-methyl/N-ethyl adjacent to an activating group) is 1. The molecule has 0 bridgehead atoms. The smallest absolute Gasteiger partial charge is 0.353 e. The van der Waals surface area contributed by atoms with Gasteiger partial charge in [0.05, 0.1) is 17.7 Å². The van der Waals surface area contributed by atoms with Crippen LogP contribution in [0.15, 0.2) is 24.3 Å². The van der Waals surface area contributed by atoms with Crippen molar-refractivity contribution in [1.82, 2.24) is 15.1 Å². The molecule has 2 amide bonds. The molecule has 9 heteroatoms. The average molecular weight is 441 g/mol. The Hall–Kier alpha value is -2.13. The van der Waals surface area contributed by atoms with E-state index < -0.39 is 40.9 Å². The maximum atomic E-state index is 13.6. The molecular formula is C22H30F3N3O3. The standard InChI is InChI=1S/C22H30F3N3O3/c1-15-8-10-21(11-9-15)28(18(14-31-21)19(29)26-12-13-27(2)3)20(30)16-6-4-5-7-17(16)22(23,24)25/h4-7,15,18H,8-14H2,1-3H3,(H,26,29). The molecule has 1 atom stereocenters. The van der Waals surface area contributed by atoms with Gasteiger partial charge < -0.3 is 15.0 Å². The van der Waals surface area contributed by atoms with Gasteiger partial charge in [-0.3, -0.25) is 14.5 Å². The summed E-state index contributed by atoms with van der Waals surface area (Å²) in [4.78, 5) is 29.6. The van der Waals surface area contributed by atoms with Crippen molar-refractivity contribution in [3.63, 3.8) is 0 Å². The lowest BCUT2D eigenvalue weighted by atomic mass is 9.83. The van der Waals surface area contributed by atoms with Gasteiger partial charge in [-0.25, -0.2) is 0 Å². The van der Waals surface area contributed by atoms with Crippen LogP contribution in [-0.2, 0) is 15.7 Å². The van der Waals surface area contributed by atoms with Crippen LogP contribution in [0.4, 0.5) is 13.2 Å². The van der Waals surface area contributed by atoms with Gasteiger partial charge in [0.1, 0.15) is 11.8 Å². The Kier molecular flexibility index (Phi) is 6.95. The summed E-state index contributed by atoms with van der Waals surface area (Å²) in [6.45, 7) is 3.04. The summed E-state index contributed by atoms with van der Waals surface area (Å²) in [6.07, 6.45) is -2.13. The van der Waals surface area contributed by atoms with Gasteiger partial charge in [-0.2, -0.15) is 13.2 Å². The van der Waals surface area contributed by atoms with E-state index in [0.29, 0.717) is 31.8 Å². The van der Waals surface area contributed by atoms with Crippen LogP contribution in [0, 0.1) is 5.92 Å². The normalized spacial score (nSPS) is 26.5. The maximum Gasteiger partial charge on any atom is 0.417 e. The quantitative estimate of drug-likeness (QED) is 0.763. The highest BCUT2D eigenvalue weighted by molar-refractivity contribution is 5.99. The van der Waals surface area contributed by atoms with Crippen molar-refractivity contribution in [3.05, 3.63) is 35.4 Å². The van der Waals surface area contributed by atoms with Crippen LogP contribution in [0.2, 0.25) is 0 Å². The number of benzene rings is 1. The SMILES string of the molecule is CC1CCC2(CC1)OCC(C(=O)NCCN(C)C)N2C(=O)c1ccccc1C(F)(F)F. The fourth-order valence-corrected chi connectivity index (χ4v) is 4.35. The van der Waals surface area contributed by atoms with Gasteiger partial charge in [-0.15, -0.1) is 0 Å². The van der Waals surface area contributed by atoms with Gasteiger partial charge in [-0.05, 0) is 57.8 Å². The lowest BCUT2D eigenvalue weighted by Crippen LogP contribution is -2.57. The lowest BCUT2D eigenvalue weighted by molar-refractivity contribution is -0.138. The lowest BCUT2D eigenvalue weighted by Gasteiger charge is -2.43. The van der Waals surface area contributed by atoms with Gasteiger partial charge in [0.15, 0.2) is 0 Å². The Labute approximate surface area is 180 Å². The highest BCUT2D eigenvalue weighted by Crippen LogP contribution is 2.44. The summed E-state index contributed by atoms with van der Waals surface area (Å²) in [6, 6.07) is 3.75. The van der Waals surface area contributed by atoms with E-state index in [1.54, 1.807) is 0 Å². The summed E-state index contributed by atoms with van der Waals surface area (Å²) in [5.74, 6) is -0.787. The van der Waals surface area contributed by atoms with Crippen LogP contribution in [0.5, 0.6) is 0 Å². The number of amides is 2.